The van der Waals surface area contributed by atoms with Crippen molar-refractivity contribution in [1.29, 1.82) is 0 Å². The number of carbonyl (C=O) groups is 1. The van der Waals surface area contributed by atoms with Crippen molar-refractivity contribution < 1.29 is 22.3 Å². The molecule has 1 fully saturated rings. The van der Waals surface area contributed by atoms with Gasteiger partial charge in [-0.3, -0.25) is 0 Å². The van der Waals surface area contributed by atoms with Gasteiger partial charge in [-0.2, -0.15) is 0 Å². The molecule has 0 aromatic heterocycles. The summed E-state index contributed by atoms with van der Waals surface area (Å²) in [5.41, 5.74) is -0.0900. The molecule has 1 aliphatic heterocycles. The van der Waals surface area contributed by atoms with Gasteiger partial charge < -0.3 is 9.64 Å². The van der Waals surface area contributed by atoms with E-state index in [2.05, 4.69) is 4.72 Å². The largest absolute Gasteiger partial charge is 0.444 e. The fraction of sp³-hybridized carbons (Fsp3) is 0.611. The molecule has 1 aliphatic rings. The van der Waals surface area contributed by atoms with Crippen LogP contribution >= 0.6 is 0 Å². The number of piperidine rings is 1. The van der Waals surface area contributed by atoms with E-state index in [0.29, 0.717) is 12.1 Å². The Hall–Kier alpha value is -1.67. The van der Waals surface area contributed by atoms with Crippen molar-refractivity contribution in [2.75, 3.05) is 13.1 Å². The second-order valence-electron chi connectivity index (χ2n) is 7.56. The van der Waals surface area contributed by atoms with Crippen LogP contribution in [0.5, 0.6) is 0 Å². The van der Waals surface area contributed by atoms with Crippen LogP contribution in [-0.2, 0) is 20.5 Å². The number of sulfonamides is 1. The standard InChI is InChI=1S/C18H27FN2O4S/c1-18(2,3)25-17(22)21-11-5-4-6-16(21)12-20-26(23,24)13-14-7-9-15(19)10-8-14/h7-10,16,20H,4-6,11-13H2,1-3H3/t16-/m0/s1. The zero-order chi connectivity index (χ0) is 19.4. The van der Waals surface area contributed by atoms with Crippen LogP contribution in [0.25, 0.3) is 0 Å². The maximum Gasteiger partial charge on any atom is 0.410 e. The maximum atomic E-state index is 12.9. The predicted molar refractivity (Wildman–Crippen MR) is 97.6 cm³/mol. The molecule has 1 heterocycles. The van der Waals surface area contributed by atoms with Crippen molar-refractivity contribution in [1.82, 2.24) is 9.62 Å². The zero-order valence-electron chi connectivity index (χ0n) is 15.5. The summed E-state index contributed by atoms with van der Waals surface area (Å²) in [5, 5.41) is 0. The first kappa shape index (κ1) is 20.6. The molecule has 0 saturated carbocycles. The second kappa shape index (κ2) is 8.35. The molecule has 26 heavy (non-hydrogen) atoms. The van der Waals surface area contributed by atoms with Gasteiger partial charge in [-0.15, -0.1) is 0 Å². The summed E-state index contributed by atoms with van der Waals surface area (Å²) >= 11 is 0. The van der Waals surface area contributed by atoms with Crippen molar-refractivity contribution in [3.05, 3.63) is 35.6 Å². The minimum atomic E-state index is -3.58. The van der Waals surface area contributed by atoms with Gasteiger partial charge in [0.2, 0.25) is 10.0 Å². The molecule has 0 unspecified atom stereocenters. The third-order valence-electron chi connectivity index (χ3n) is 4.06. The van der Waals surface area contributed by atoms with Crippen LogP contribution < -0.4 is 4.72 Å². The molecule has 1 amide bonds. The number of nitrogens with zero attached hydrogens (tertiary/aromatic N) is 1. The summed E-state index contributed by atoms with van der Waals surface area (Å²) in [5.74, 6) is -0.638. The topological polar surface area (TPSA) is 75.7 Å². The predicted octanol–water partition coefficient (Wildman–Crippen LogP) is 3.03. The number of hydrogen-bond acceptors (Lipinski definition) is 4. The number of likely N-dealkylation sites (tertiary alicyclic amines) is 1. The fourth-order valence-corrected chi connectivity index (χ4v) is 4.03. The van der Waals surface area contributed by atoms with Crippen LogP contribution in [0, 0.1) is 5.82 Å². The maximum absolute atomic E-state index is 12.9. The summed E-state index contributed by atoms with van der Waals surface area (Å²) < 4.78 is 45.5. The number of benzene rings is 1. The molecule has 1 aromatic carbocycles. The molecule has 1 aromatic rings. The van der Waals surface area contributed by atoms with E-state index >= 15 is 0 Å². The van der Waals surface area contributed by atoms with Gasteiger partial charge in [-0.05, 0) is 57.7 Å². The average molecular weight is 386 g/mol. The lowest BCUT2D eigenvalue weighted by molar-refractivity contribution is 0.0105. The smallest absolute Gasteiger partial charge is 0.410 e. The van der Waals surface area contributed by atoms with Gasteiger partial charge in [0.15, 0.2) is 0 Å². The number of carbonyl (C=O) groups excluding carboxylic acids is 1. The lowest BCUT2D eigenvalue weighted by Crippen LogP contribution is -2.50. The average Bonchev–Trinajstić information content (AvgIpc) is 2.54. The summed E-state index contributed by atoms with van der Waals surface area (Å²) in [7, 11) is -3.58. The van der Waals surface area contributed by atoms with Gasteiger partial charge in [-0.25, -0.2) is 22.3 Å². The van der Waals surface area contributed by atoms with Crippen LogP contribution in [0.3, 0.4) is 0 Å². The molecule has 0 radical (unpaired) electrons. The Balaban J connectivity index is 1.96. The molecule has 1 N–H and O–H groups in total. The van der Waals surface area contributed by atoms with E-state index in [9.17, 15) is 17.6 Å². The number of hydrogen-bond donors (Lipinski definition) is 1. The third-order valence-corrected chi connectivity index (χ3v) is 5.38. The molecular weight excluding hydrogens is 359 g/mol. The molecule has 1 saturated heterocycles. The molecule has 8 heteroatoms. The Morgan fingerprint density at radius 2 is 1.92 bits per heavy atom. The molecule has 6 nitrogen and oxygen atoms in total. The number of nitrogens with one attached hydrogen (secondary N) is 1. The summed E-state index contributed by atoms with van der Waals surface area (Å²) in [6.07, 6.45) is 2.11. The van der Waals surface area contributed by atoms with Crippen molar-refractivity contribution in [3.8, 4) is 0 Å². The highest BCUT2D eigenvalue weighted by Gasteiger charge is 2.31. The number of amides is 1. The van der Waals surface area contributed by atoms with Gasteiger partial charge in [0.25, 0.3) is 0 Å². The first-order valence-electron chi connectivity index (χ1n) is 8.77. The van der Waals surface area contributed by atoms with E-state index in [1.54, 1.807) is 25.7 Å². The summed E-state index contributed by atoms with van der Waals surface area (Å²) in [6, 6.07) is 5.12. The Kier molecular flexibility index (Phi) is 6.63. The normalized spacial score (nSPS) is 18.6. The van der Waals surface area contributed by atoms with E-state index in [1.165, 1.54) is 24.3 Å². The van der Waals surface area contributed by atoms with E-state index < -0.39 is 27.5 Å². The van der Waals surface area contributed by atoms with Crippen LogP contribution in [0.2, 0.25) is 0 Å². The first-order chi connectivity index (χ1) is 12.1. The Bertz CT molecular complexity index is 714. The first-order valence-corrected chi connectivity index (χ1v) is 10.4. The number of ether oxygens (including phenoxy) is 1. The molecule has 146 valence electrons. The van der Waals surface area contributed by atoms with Gasteiger partial charge >= 0.3 is 6.09 Å². The van der Waals surface area contributed by atoms with E-state index in [0.717, 1.165) is 19.3 Å². The third kappa shape index (κ3) is 6.57. The van der Waals surface area contributed by atoms with Gasteiger partial charge in [0.1, 0.15) is 11.4 Å². The minimum absolute atomic E-state index is 0.142. The van der Waals surface area contributed by atoms with E-state index in [4.69, 9.17) is 4.74 Å². The van der Waals surface area contributed by atoms with Gasteiger partial charge in [-0.1, -0.05) is 12.1 Å². The van der Waals surface area contributed by atoms with Gasteiger partial charge in [0.05, 0.1) is 5.75 Å². The molecule has 0 aliphatic carbocycles. The lowest BCUT2D eigenvalue weighted by atomic mass is 10.0. The second-order valence-corrected chi connectivity index (χ2v) is 9.36. The Morgan fingerprint density at radius 3 is 2.54 bits per heavy atom. The zero-order valence-corrected chi connectivity index (χ0v) is 16.3. The van der Waals surface area contributed by atoms with E-state index in [-0.39, 0.29) is 18.3 Å². The Morgan fingerprint density at radius 1 is 1.27 bits per heavy atom. The molecular formula is C18H27FN2O4S. The van der Waals surface area contributed by atoms with Crippen molar-refractivity contribution in [3.63, 3.8) is 0 Å². The van der Waals surface area contributed by atoms with Crippen molar-refractivity contribution >= 4 is 16.1 Å². The summed E-state index contributed by atoms with van der Waals surface area (Å²) in [4.78, 5) is 14.0. The van der Waals surface area contributed by atoms with Crippen LogP contribution in [0.1, 0.15) is 45.6 Å². The highest BCUT2D eigenvalue weighted by Crippen LogP contribution is 2.20. The van der Waals surface area contributed by atoms with Crippen molar-refractivity contribution in [2.24, 2.45) is 0 Å². The number of rotatable bonds is 5. The SMILES string of the molecule is CC(C)(C)OC(=O)N1CCCC[C@H]1CNS(=O)(=O)Cc1ccc(F)cc1. The Labute approximate surface area is 154 Å². The van der Waals surface area contributed by atoms with E-state index in [1.807, 2.05) is 0 Å². The molecule has 2 rings (SSSR count). The van der Waals surface area contributed by atoms with Crippen LogP contribution in [0.4, 0.5) is 9.18 Å². The summed E-state index contributed by atoms with van der Waals surface area (Å²) in [6.45, 7) is 6.10. The highest BCUT2D eigenvalue weighted by molar-refractivity contribution is 7.88. The monoisotopic (exact) mass is 386 g/mol. The lowest BCUT2D eigenvalue weighted by Gasteiger charge is -2.36. The van der Waals surface area contributed by atoms with Crippen LogP contribution in [0.15, 0.2) is 24.3 Å². The fourth-order valence-electron chi connectivity index (χ4n) is 2.85. The van der Waals surface area contributed by atoms with Crippen molar-refractivity contribution in [2.45, 2.75) is 57.4 Å². The molecule has 1 atom stereocenters. The number of halogens is 1. The minimum Gasteiger partial charge on any atom is -0.444 e. The highest BCUT2D eigenvalue weighted by atomic mass is 32.2. The molecule has 0 bridgehead atoms. The molecule has 0 spiro atoms. The van der Waals surface area contributed by atoms with Gasteiger partial charge in [0, 0.05) is 19.1 Å². The quantitative estimate of drug-likeness (QED) is 0.844. The van der Waals surface area contributed by atoms with Crippen LogP contribution in [-0.4, -0.2) is 44.1 Å².